The van der Waals surface area contributed by atoms with Crippen molar-refractivity contribution in [3.63, 3.8) is 0 Å². The van der Waals surface area contributed by atoms with E-state index in [1.54, 1.807) is 0 Å². The van der Waals surface area contributed by atoms with Gasteiger partial charge in [0.25, 0.3) is 0 Å². The van der Waals surface area contributed by atoms with Crippen LogP contribution in [0.4, 0.5) is 0 Å². The molecule has 0 amide bonds. The summed E-state index contributed by atoms with van der Waals surface area (Å²) in [6, 6.07) is 0. The second-order valence-electron chi connectivity index (χ2n) is 6.52. The second kappa shape index (κ2) is 20.1. The Bertz CT molecular complexity index is 224. The monoisotopic (exact) mass is 364 g/mol. The van der Waals surface area contributed by atoms with Crippen LogP contribution in [-0.4, -0.2) is 78.8 Å². The highest BCUT2D eigenvalue weighted by atomic mass is 16.6. The van der Waals surface area contributed by atoms with Crippen LogP contribution in [0.25, 0.3) is 0 Å². The molecule has 0 aliphatic heterocycles. The van der Waals surface area contributed by atoms with Crippen LogP contribution in [0.5, 0.6) is 0 Å². The zero-order valence-electron chi connectivity index (χ0n) is 16.8. The molecular formula is C19H40O6. The summed E-state index contributed by atoms with van der Waals surface area (Å²) in [6.45, 7) is 15.3. The summed E-state index contributed by atoms with van der Waals surface area (Å²) in [5.74, 6) is 0.748. The lowest BCUT2D eigenvalue weighted by atomic mass is 10.1. The first kappa shape index (κ1) is 24.8. The van der Waals surface area contributed by atoms with E-state index < -0.39 is 0 Å². The average Bonchev–Trinajstić information content (AvgIpc) is 2.56. The van der Waals surface area contributed by atoms with Crippen molar-refractivity contribution in [3.8, 4) is 0 Å². The van der Waals surface area contributed by atoms with Gasteiger partial charge in [0.1, 0.15) is 0 Å². The Morgan fingerprint density at radius 1 is 0.480 bits per heavy atom. The van der Waals surface area contributed by atoms with Crippen molar-refractivity contribution in [3.05, 3.63) is 0 Å². The van der Waals surface area contributed by atoms with Crippen molar-refractivity contribution < 1.29 is 28.4 Å². The van der Waals surface area contributed by atoms with Gasteiger partial charge in [-0.25, -0.2) is 0 Å². The molecule has 0 aromatic heterocycles. The van der Waals surface area contributed by atoms with Crippen molar-refractivity contribution in [2.24, 2.45) is 5.92 Å². The highest BCUT2D eigenvalue weighted by Crippen LogP contribution is 2.02. The lowest BCUT2D eigenvalue weighted by Crippen LogP contribution is -2.14. The van der Waals surface area contributed by atoms with Gasteiger partial charge in [-0.1, -0.05) is 13.8 Å². The van der Waals surface area contributed by atoms with Gasteiger partial charge in [0.05, 0.1) is 72.2 Å². The molecule has 0 saturated heterocycles. The molecule has 0 bridgehead atoms. The first-order chi connectivity index (χ1) is 12.1. The van der Waals surface area contributed by atoms with E-state index in [0.717, 1.165) is 18.9 Å². The third kappa shape index (κ3) is 23.8. The first-order valence-electron chi connectivity index (χ1n) is 9.63. The van der Waals surface area contributed by atoms with E-state index in [1.807, 2.05) is 13.8 Å². The molecule has 0 atom stereocenters. The van der Waals surface area contributed by atoms with Gasteiger partial charge < -0.3 is 28.4 Å². The fraction of sp³-hybridized carbons (Fsp3) is 1.00. The van der Waals surface area contributed by atoms with Crippen LogP contribution in [0, 0.1) is 5.92 Å². The van der Waals surface area contributed by atoms with E-state index in [2.05, 4.69) is 13.8 Å². The molecule has 6 nitrogen and oxygen atoms in total. The Kier molecular flexibility index (Phi) is 19.9. The summed E-state index contributed by atoms with van der Waals surface area (Å²) in [6.07, 6.45) is 2.59. The first-order valence-corrected chi connectivity index (χ1v) is 9.63. The smallest absolute Gasteiger partial charge is 0.0703 e. The van der Waals surface area contributed by atoms with Crippen molar-refractivity contribution in [2.75, 3.05) is 72.7 Å². The van der Waals surface area contributed by atoms with Gasteiger partial charge in [0.15, 0.2) is 0 Å². The van der Waals surface area contributed by atoms with Crippen LogP contribution in [0.2, 0.25) is 0 Å². The zero-order chi connectivity index (χ0) is 18.6. The molecule has 0 aliphatic rings. The summed E-state index contributed by atoms with van der Waals surface area (Å²) in [7, 11) is 0. The van der Waals surface area contributed by atoms with E-state index >= 15 is 0 Å². The number of rotatable bonds is 20. The molecule has 152 valence electrons. The maximum atomic E-state index is 5.50. The summed E-state index contributed by atoms with van der Waals surface area (Å²) < 4.78 is 32.5. The summed E-state index contributed by atoms with van der Waals surface area (Å²) in [5, 5.41) is 0. The van der Waals surface area contributed by atoms with Gasteiger partial charge in [0.2, 0.25) is 0 Å². The second-order valence-corrected chi connectivity index (χ2v) is 6.52. The molecule has 0 unspecified atom stereocenters. The van der Waals surface area contributed by atoms with Gasteiger partial charge in [-0.15, -0.1) is 0 Å². The molecule has 0 radical (unpaired) electrons. The van der Waals surface area contributed by atoms with Crippen LogP contribution in [0.1, 0.15) is 40.5 Å². The van der Waals surface area contributed by atoms with Crippen molar-refractivity contribution in [1.29, 1.82) is 0 Å². The zero-order valence-corrected chi connectivity index (χ0v) is 16.8. The predicted octanol–water partition coefficient (Wildman–Crippen LogP) is 2.93. The van der Waals surface area contributed by atoms with Crippen LogP contribution >= 0.6 is 0 Å². The SMILES string of the molecule is CC(C)CCCOCCOCCOCCOCCOCCOC(C)C. The standard InChI is InChI=1S/C19H40O6/c1-18(2)6-5-7-20-8-9-21-10-11-22-12-13-23-14-15-24-16-17-25-19(3)4/h18-19H,5-17H2,1-4H3. The summed E-state index contributed by atoms with van der Waals surface area (Å²) >= 11 is 0. The summed E-state index contributed by atoms with van der Waals surface area (Å²) in [5.41, 5.74) is 0. The fourth-order valence-electron chi connectivity index (χ4n) is 1.92. The van der Waals surface area contributed by atoms with Gasteiger partial charge in [0, 0.05) is 6.61 Å². The molecule has 0 rings (SSSR count). The minimum atomic E-state index is 0.253. The molecule has 0 saturated carbocycles. The molecular weight excluding hydrogens is 324 g/mol. The Morgan fingerprint density at radius 3 is 1.20 bits per heavy atom. The fourth-order valence-corrected chi connectivity index (χ4v) is 1.92. The topological polar surface area (TPSA) is 55.4 Å². The maximum Gasteiger partial charge on any atom is 0.0703 e. The van der Waals surface area contributed by atoms with Crippen molar-refractivity contribution in [1.82, 2.24) is 0 Å². The lowest BCUT2D eigenvalue weighted by molar-refractivity contribution is -0.0213. The van der Waals surface area contributed by atoms with Crippen LogP contribution < -0.4 is 0 Å². The molecule has 0 fully saturated rings. The van der Waals surface area contributed by atoms with Crippen molar-refractivity contribution in [2.45, 2.75) is 46.6 Å². The van der Waals surface area contributed by atoms with E-state index in [9.17, 15) is 0 Å². The Morgan fingerprint density at radius 2 is 0.840 bits per heavy atom. The van der Waals surface area contributed by atoms with Gasteiger partial charge >= 0.3 is 0 Å². The minimum Gasteiger partial charge on any atom is -0.379 e. The predicted molar refractivity (Wildman–Crippen MR) is 99.3 cm³/mol. The molecule has 0 aromatic carbocycles. The molecule has 25 heavy (non-hydrogen) atoms. The molecule has 0 N–H and O–H groups in total. The third-order valence-electron chi connectivity index (χ3n) is 3.24. The Labute approximate surface area is 154 Å². The average molecular weight is 365 g/mol. The van der Waals surface area contributed by atoms with Crippen molar-refractivity contribution >= 4 is 0 Å². The lowest BCUT2D eigenvalue weighted by Gasteiger charge is -2.09. The maximum absolute atomic E-state index is 5.50. The van der Waals surface area contributed by atoms with E-state index in [4.69, 9.17) is 28.4 Å². The van der Waals surface area contributed by atoms with E-state index in [-0.39, 0.29) is 6.10 Å². The molecule has 0 aliphatic carbocycles. The quantitative estimate of drug-likeness (QED) is 0.310. The summed E-state index contributed by atoms with van der Waals surface area (Å²) in [4.78, 5) is 0. The van der Waals surface area contributed by atoms with Gasteiger partial charge in [-0.2, -0.15) is 0 Å². The third-order valence-corrected chi connectivity index (χ3v) is 3.24. The van der Waals surface area contributed by atoms with Gasteiger partial charge in [-0.3, -0.25) is 0 Å². The molecule has 0 heterocycles. The van der Waals surface area contributed by atoms with Crippen LogP contribution in [-0.2, 0) is 28.4 Å². The van der Waals surface area contributed by atoms with Crippen LogP contribution in [0.3, 0.4) is 0 Å². The normalized spacial score (nSPS) is 11.8. The molecule has 6 heteroatoms. The molecule has 0 spiro atoms. The Hall–Kier alpha value is -0.240. The largest absolute Gasteiger partial charge is 0.379 e. The highest BCUT2D eigenvalue weighted by Gasteiger charge is 1.96. The number of ether oxygens (including phenoxy) is 6. The van der Waals surface area contributed by atoms with Crippen LogP contribution in [0.15, 0.2) is 0 Å². The van der Waals surface area contributed by atoms with Gasteiger partial charge in [-0.05, 0) is 32.6 Å². The number of hydrogen-bond donors (Lipinski definition) is 0. The highest BCUT2D eigenvalue weighted by molar-refractivity contribution is 4.44. The van der Waals surface area contributed by atoms with E-state index in [0.29, 0.717) is 66.1 Å². The van der Waals surface area contributed by atoms with E-state index in [1.165, 1.54) is 6.42 Å². The Balaban J connectivity index is 2.98. The minimum absolute atomic E-state index is 0.253. The molecule has 0 aromatic rings. The number of hydrogen-bond acceptors (Lipinski definition) is 6.